The van der Waals surface area contributed by atoms with Crippen LogP contribution in [0.5, 0.6) is 0 Å². The second-order valence-corrected chi connectivity index (χ2v) is 21.0. The summed E-state index contributed by atoms with van der Waals surface area (Å²) in [6.07, 6.45) is 69.4. The number of carbonyl (C=O) groups is 3. The molecule has 6 heteroatoms. The van der Waals surface area contributed by atoms with E-state index in [1.165, 1.54) is 238 Å². The molecule has 1 atom stereocenters. The van der Waals surface area contributed by atoms with Gasteiger partial charge in [-0.2, -0.15) is 0 Å². The first-order chi connectivity index (χ1) is 34.0. The number of rotatable bonds is 57. The van der Waals surface area contributed by atoms with Gasteiger partial charge in [-0.3, -0.25) is 14.4 Å². The average molecular weight is 972 g/mol. The molecule has 1 unspecified atom stereocenters. The van der Waals surface area contributed by atoms with Crippen LogP contribution in [0.2, 0.25) is 0 Å². The van der Waals surface area contributed by atoms with Crippen molar-refractivity contribution >= 4 is 17.9 Å². The molecule has 0 aliphatic heterocycles. The Morgan fingerprint density at radius 2 is 0.522 bits per heavy atom. The van der Waals surface area contributed by atoms with E-state index < -0.39 is 6.10 Å². The van der Waals surface area contributed by atoms with E-state index in [0.717, 1.165) is 64.2 Å². The van der Waals surface area contributed by atoms with Gasteiger partial charge in [0.05, 0.1) is 0 Å². The lowest BCUT2D eigenvalue weighted by molar-refractivity contribution is -0.167. The zero-order chi connectivity index (χ0) is 50.0. The molecule has 0 rings (SSSR count). The quantitative estimate of drug-likeness (QED) is 0.0261. The molecule has 0 saturated heterocycles. The molecule has 0 N–H and O–H groups in total. The van der Waals surface area contributed by atoms with E-state index in [0.29, 0.717) is 19.3 Å². The van der Waals surface area contributed by atoms with Crippen molar-refractivity contribution in [2.24, 2.45) is 0 Å². The Labute approximate surface area is 430 Å². The Morgan fingerprint density at radius 1 is 0.290 bits per heavy atom. The van der Waals surface area contributed by atoms with Gasteiger partial charge in [-0.1, -0.05) is 295 Å². The number of hydrogen-bond acceptors (Lipinski definition) is 6. The van der Waals surface area contributed by atoms with Gasteiger partial charge in [0.1, 0.15) is 13.2 Å². The number of hydrogen-bond donors (Lipinski definition) is 0. The lowest BCUT2D eigenvalue weighted by atomic mass is 10.0. The summed E-state index contributed by atoms with van der Waals surface area (Å²) < 4.78 is 16.8. The van der Waals surface area contributed by atoms with Crippen LogP contribution in [0.15, 0.2) is 24.3 Å². The topological polar surface area (TPSA) is 78.9 Å². The molecule has 0 aliphatic rings. The van der Waals surface area contributed by atoms with Gasteiger partial charge in [-0.15, -0.1) is 0 Å². The average Bonchev–Trinajstić information content (AvgIpc) is 3.35. The molecule has 0 aromatic carbocycles. The number of carbonyl (C=O) groups excluding carboxylic acids is 3. The summed E-state index contributed by atoms with van der Waals surface area (Å²) in [5, 5.41) is 0. The highest BCUT2D eigenvalue weighted by Crippen LogP contribution is 2.17. The Kier molecular flexibility index (Phi) is 56.7. The van der Waals surface area contributed by atoms with Crippen LogP contribution < -0.4 is 0 Å². The van der Waals surface area contributed by atoms with E-state index in [9.17, 15) is 14.4 Å². The van der Waals surface area contributed by atoms with Crippen LogP contribution in [-0.4, -0.2) is 37.2 Å². The van der Waals surface area contributed by atoms with Gasteiger partial charge in [-0.25, -0.2) is 0 Å². The molecule has 406 valence electrons. The predicted octanol–water partition coefficient (Wildman–Crippen LogP) is 20.7. The van der Waals surface area contributed by atoms with E-state index in [1.54, 1.807) is 0 Å². The van der Waals surface area contributed by atoms with E-state index >= 15 is 0 Å². The first-order valence-electron chi connectivity index (χ1n) is 30.8. The van der Waals surface area contributed by atoms with Gasteiger partial charge in [-0.05, 0) is 51.4 Å². The minimum absolute atomic E-state index is 0.0648. The lowest BCUT2D eigenvalue weighted by Gasteiger charge is -2.18. The number of unbranched alkanes of at least 4 members (excludes halogenated alkanes) is 42. The van der Waals surface area contributed by atoms with Crippen LogP contribution in [0.25, 0.3) is 0 Å². The minimum atomic E-state index is -0.762. The summed E-state index contributed by atoms with van der Waals surface area (Å²) in [6.45, 7) is 6.63. The van der Waals surface area contributed by atoms with Crippen LogP contribution in [-0.2, 0) is 28.6 Å². The summed E-state index contributed by atoms with van der Waals surface area (Å²) in [5.74, 6) is -0.851. The molecule has 0 aromatic rings. The largest absolute Gasteiger partial charge is 0.462 e. The fraction of sp³-hybridized carbons (Fsp3) is 0.889. The summed E-state index contributed by atoms with van der Waals surface area (Å²) >= 11 is 0. The Morgan fingerprint density at radius 3 is 0.797 bits per heavy atom. The summed E-state index contributed by atoms with van der Waals surface area (Å²) in [5.41, 5.74) is 0. The van der Waals surface area contributed by atoms with Crippen molar-refractivity contribution in [3.63, 3.8) is 0 Å². The third-order valence-electron chi connectivity index (χ3n) is 14.0. The van der Waals surface area contributed by atoms with Crippen LogP contribution in [0.3, 0.4) is 0 Å². The van der Waals surface area contributed by atoms with Gasteiger partial charge in [0.2, 0.25) is 0 Å². The third-order valence-corrected chi connectivity index (χ3v) is 14.0. The maximum absolute atomic E-state index is 12.8. The maximum Gasteiger partial charge on any atom is 0.306 e. The van der Waals surface area contributed by atoms with Crippen molar-refractivity contribution in [3.05, 3.63) is 24.3 Å². The summed E-state index contributed by atoms with van der Waals surface area (Å²) in [4.78, 5) is 37.9. The fourth-order valence-electron chi connectivity index (χ4n) is 9.30. The van der Waals surface area contributed by atoms with Gasteiger partial charge >= 0.3 is 17.9 Å². The van der Waals surface area contributed by atoms with E-state index in [4.69, 9.17) is 14.2 Å². The minimum Gasteiger partial charge on any atom is -0.462 e. The second kappa shape index (κ2) is 58.5. The van der Waals surface area contributed by atoms with Crippen LogP contribution in [0, 0.1) is 0 Å². The highest BCUT2D eigenvalue weighted by atomic mass is 16.6. The first kappa shape index (κ1) is 66.9. The van der Waals surface area contributed by atoms with Crippen molar-refractivity contribution in [2.45, 2.75) is 348 Å². The zero-order valence-electron chi connectivity index (χ0n) is 46.6. The first-order valence-corrected chi connectivity index (χ1v) is 30.8. The molecule has 69 heavy (non-hydrogen) atoms. The van der Waals surface area contributed by atoms with Crippen molar-refractivity contribution < 1.29 is 28.6 Å². The fourth-order valence-corrected chi connectivity index (χ4v) is 9.30. The molecule has 0 saturated carbocycles. The number of esters is 3. The van der Waals surface area contributed by atoms with E-state index in [-0.39, 0.29) is 31.1 Å². The standard InChI is InChI=1S/C63H118O6/c1-4-7-10-13-16-18-20-22-23-24-25-26-27-28-29-30-31-32-33-34-35-36-37-38-39-41-42-44-47-50-53-56-62(65)68-59-60(58-67-61(64)55-52-49-46-15-12-9-6-3)69-63(66)57-54-51-48-45-43-40-21-19-17-14-11-8-5-2/h20,22,24-25,60H,4-19,21,23,26-59H2,1-3H3/b22-20-,25-24-. The molecule has 0 amide bonds. The monoisotopic (exact) mass is 971 g/mol. The van der Waals surface area contributed by atoms with E-state index in [2.05, 4.69) is 45.1 Å². The molecule has 0 aromatic heterocycles. The van der Waals surface area contributed by atoms with Crippen molar-refractivity contribution in [2.75, 3.05) is 13.2 Å². The van der Waals surface area contributed by atoms with Crippen LogP contribution in [0.1, 0.15) is 342 Å². The molecule has 0 radical (unpaired) electrons. The van der Waals surface area contributed by atoms with Gasteiger partial charge < -0.3 is 14.2 Å². The molecule has 0 aliphatic carbocycles. The van der Waals surface area contributed by atoms with Crippen molar-refractivity contribution in [3.8, 4) is 0 Å². The number of allylic oxidation sites excluding steroid dienone is 4. The smallest absolute Gasteiger partial charge is 0.306 e. The zero-order valence-corrected chi connectivity index (χ0v) is 46.6. The molecule has 6 nitrogen and oxygen atoms in total. The molecule has 0 bridgehead atoms. The predicted molar refractivity (Wildman–Crippen MR) is 298 cm³/mol. The van der Waals surface area contributed by atoms with Gasteiger partial charge in [0, 0.05) is 19.3 Å². The molecular formula is C63H118O6. The Hall–Kier alpha value is -2.11. The summed E-state index contributed by atoms with van der Waals surface area (Å²) in [7, 11) is 0. The molecule has 0 heterocycles. The number of ether oxygens (including phenoxy) is 3. The molecular weight excluding hydrogens is 853 g/mol. The maximum atomic E-state index is 12.8. The van der Waals surface area contributed by atoms with Crippen LogP contribution >= 0.6 is 0 Å². The lowest BCUT2D eigenvalue weighted by Crippen LogP contribution is -2.30. The van der Waals surface area contributed by atoms with Crippen molar-refractivity contribution in [1.82, 2.24) is 0 Å². The Balaban J connectivity index is 3.95. The summed E-state index contributed by atoms with van der Waals surface area (Å²) in [6, 6.07) is 0. The van der Waals surface area contributed by atoms with E-state index in [1.807, 2.05) is 0 Å². The highest BCUT2D eigenvalue weighted by molar-refractivity contribution is 5.71. The van der Waals surface area contributed by atoms with Crippen molar-refractivity contribution in [1.29, 1.82) is 0 Å². The third kappa shape index (κ3) is 56.7. The molecule has 0 spiro atoms. The SMILES string of the molecule is CCCCCCC/C=C\C/C=C\CCCCCCCCCCCCCCCCCCCCCC(=O)OCC(COC(=O)CCCCCCCCC)OC(=O)CCCCCCCCCCCCCCC. The normalized spacial score (nSPS) is 12.1. The second-order valence-electron chi connectivity index (χ2n) is 21.0. The van der Waals surface area contributed by atoms with Gasteiger partial charge in [0.25, 0.3) is 0 Å². The Bertz CT molecular complexity index is 1110. The highest BCUT2D eigenvalue weighted by Gasteiger charge is 2.19. The van der Waals surface area contributed by atoms with Crippen LogP contribution in [0.4, 0.5) is 0 Å². The molecule has 0 fully saturated rings. The van der Waals surface area contributed by atoms with Gasteiger partial charge in [0.15, 0.2) is 6.10 Å².